The summed E-state index contributed by atoms with van der Waals surface area (Å²) in [5, 5.41) is 5.14. The Balaban J connectivity index is 1.11. The van der Waals surface area contributed by atoms with Crippen LogP contribution in [0.2, 0.25) is 0 Å². The molecule has 0 aliphatic carbocycles. The van der Waals surface area contributed by atoms with Crippen LogP contribution in [0.25, 0.3) is 116 Å². The largest absolute Gasteiger partial charge is 0.455 e. The van der Waals surface area contributed by atoms with Crippen molar-refractivity contribution >= 4 is 65.3 Å². The van der Waals surface area contributed by atoms with E-state index in [1.165, 1.54) is 5.56 Å². The summed E-state index contributed by atoms with van der Waals surface area (Å²) in [5.41, 5.74) is 11.6. The summed E-state index contributed by atoms with van der Waals surface area (Å²) in [4.78, 5) is 20.8. The predicted molar refractivity (Wildman–Crippen MR) is 242 cm³/mol. The van der Waals surface area contributed by atoms with Gasteiger partial charge < -0.3 is 4.42 Å². The minimum atomic E-state index is 0.523. The Labute approximate surface area is 342 Å². The topological polar surface area (TPSA) is 69.6 Å². The first-order chi connectivity index (χ1) is 29.2. The molecule has 6 nitrogen and oxygen atoms in total. The number of rotatable bonds is 6. The number of benzene rings is 8. The van der Waals surface area contributed by atoms with Gasteiger partial charge in [-0.1, -0.05) is 140 Å². The van der Waals surface area contributed by atoms with Crippen LogP contribution in [0.4, 0.5) is 0 Å². The highest BCUT2D eigenvalue weighted by molar-refractivity contribution is 7.21. The average Bonchev–Trinajstić information content (AvgIpc) is 4.01. The van der Waals surface area contributed by atoms with Crippen molar-refractivity contribution in [2.24, 2.45) is 0 Å². The maximum Gasteiger partial charge on any atom is 0.238 e. The van der Waals surface area contributed by atoms with Crippen molar-refractivity contribution in [1.82, 2.24) is 24.5 Å². The first-order valence-corrected chi connectivity index (χ1v) is 20.4. The number of nitrogens with zero attached hydrogens (tertiary/aromatic N) is 5. The van der Waals surface area contributed by atoms with E-state index in [1.807, 2.05) is 54.6 Å². The van der Waals surface area contributed by atoms with Crippen LogP contribution < -0.4 is 0 Å². The molecule has 8 aromatic carbocycles. The maximum atomic E-state index is 7.04. The molecule has 0 radical (unpaired) electrons. The SMILES string of the molecule is c1ccc(-c2cc(-c3nc4ccccc4s3)c3oc4c(-c5nc(-c6ccccc6)nc(-n6c7ccccc7c7cc(-c8ccccc8)ccc76)n5)cccc4c3c2)cc1. The van der Waals surface area contributed by atoms with Crippen molar-refractivity contribution in [2.75, 3.05) is 0 Å². The molecule has 7 heteroatoms. The van der Waals surface area contributed by atoms with Gasteiger partial charge in [-0.3, -0.25) is 4.57 Å². The van der Waals surface area contributed by atoms with Crippen LogP contribution in [0, 0.1) is 0 Å². The van der Waals surface area contributed by atoms with Crippen LogP contribution >= 0.6 is 11.3 Å². The fourth-order valence-electron chi connectivity index (χ4n) is 8.32. The molecule has 0 amide bonds. The van der Waals surface area contributed by atoms with Gasteiger partial charge in [0.2, 0.25) is 5.95 Å². The van der Waals surface area contributed by atoms with Crippen LogP contribution in [0.15, 0.2) is 192 Å². The first kappa shape index (κ1) is 33.4. The van der Waals surface area contributed by atoms with Gasteiger partial charge in [0, 0.05) is 27.1 Å². The van der Waals surface area contributed by atoms with E-state index in [-0.39, 0.29) is 0 Å². The van der Waals surface area contributed by atoms with Gasteiger partial charge in [-0.05, 0) is 70.8 Å². The number of thiazole rings is 1. The summed E-state index contributed by atoms with van der Waals surface area (Å²) >= 11 is 1.67. The number of fused-ring (bicyclic) bond motifs is 7. The molecule has 4 heterocycles. The Kier molecular flexibility index (Phi) is 7.61. The Hall–Kier alpha value is -7.74. The number of para-hydroxylation sites is 3. The Morgan fingerprint density at radius 2 is 1.02 bits per heavy atom. The Morgan fingerprint density at radius 3 is 1.81 bits per heavy atom. The zero-order valence-electron chi connectivity index (χ0n) is 31.5. The molecule has 276 valence electrons. The molecule has 0 aliphatic heterocycles. The van der Waals surface area contributed by atoms with Crippen molar-refractivity contribution in [1.29, 1.82) is 0 Å². The number of hydrogen-bond donors (Lipinski definition) is 0. The highest BCUT2D eigenvalue weighted by Gasteiger charge is 2.23. The fourth-order valence-corrected chi connectivity index (χ4v) is 9.30. The van der Waals surface area contributed by atoms with Crippen LogP contribution in [-0.2, 0) is 0 Å². The van der Waals surface area contributed by atoms with Gasteiger partial charge in [0.25, 0.3) is 0 Å². The molecule has 4 aromatic heterocycles. The van der Waals surface area contributed by atoms with E-state index in [2.05, 4.69) is 138 Å². The molecule has 0 bridgehead atoms. The van der Waals surface area contributed by atoms with E-state index in [0.29, 0.717) is 23.2 Å². The summed E-state index contributed by atoms with van der Waals surface area (Å²) in [6.07, 6.45) is 0. The normalized spacial score (nSPS) is 11.7. The third-order valence-electron chi connectivity index (χ3n) is 11.1. The molecule has 0 saturated heterocycles. The van der Waals surface area contributed by atoms with E-state index in [0.717, 1.165) is 86.8 Å². The van der Waals surface area contributed by atoms with E-state index in [1.54, 1.807) is 11.3 Å². The third-order valence-corrected chi connectivity index (χ3v) is 12.2. The lowest BCUT2D eigenvalue weighted by Crippen LogP contribution is -2.06. The van der Waals surface area contributed by atoms with Crippen molar-refractivity contribution in [3.05, 3.63) is 188 Å². The molecule has 12 aromatic rings. The zero-order chi connectivity index (χ0) is 38.9. The van der Waals surface area contributed by atoms with E-state index in [9.17, 15) is 0 Å². The minimum Gasteiger partial charge on any atom is -0.455 e. The van der Waals surface area contributed by atoms with Crippen LogP contribution in [0.5, 0.6) is 0 Å². The van der Waals surface area contributed by atoms with Crippen molar-refractivity contribution < 1.29 is 4.42 Å². The molecule has 0 aliphatic rings. The average molecular weight is 774 g/mol. The molecule has 59 heavy (non-hydrogen) atoms. The Bertz CT molecular complexity index is 3520. The second-order valence-corrected chi connectivity index (χ2v) is 15.7. The van der Waals surface area contributed by atoms with Crippen molar-refractivity contribution in [3.8, 4) is 61.5 Å². The maximum absolute atomic E-state index is 7.04. The second kappa shape index (κ2) is 13.4. The summed E-state index contributed by atoms with van der Waals surface area (Å²) in [5.74, 6) is 1.63. The first-order valence-electron chi connectivity index (χ1n) is 19.5. The van der Waals surface area contributed by atoms with Gasteiger partial charge in [-0.15, -0.1) is 11.3 Å². The van der Waals surface area contributed by atoms with Gasteiger partial charge in [-0.2, -0.15) is 9.97 Å². The summed E-state index contributed by atoms with van der Waals surface area (Å²) < 4.78 is 10.3. The predicted octanol–water partition coefficient (Wildman–Crippen LogP) is 13.8. The van der Waals surface area contributed by atoms with Crippen LogP contribution in [0.1, 0.15) is 0 Å². The van der Waals surface area contributed by atoms with E-state index in [4.69, 9.17) is 24.4 Å². The zero-order valence-corrected chi connectivity index (χ0v) is 32.3. The standard InChI is InChI=1S/C52H31N5OS/c1-4-15-32(16-5-1)35-27-28-45-40(29-35)37-21-10-12-25-44(37)57(45)52-55-49(34-19-8-3-9-20-34)54-50(56-52)39-23-14-22-38-41-30-36(33-17-6-2-7-18-33)31-42(48(41)58-47(38)39)51-53-43-24-11-13-26-46(43)59-51/h1-31H. The molecule has 0 fully saturated rings. The number of furan rings is 1. The van der Waals surface area contributed by atoms with E-state index < -0.39 is 0 Å². The number of hydrogen-bond acceptors (Lipinski definition) is 6. The highest BCUT2D eigenvalue weighted by Crippen LogP contribution is 2.44. The highest BCUT2D eigenvalue weighted by atomic mass is 32.1. The van der Waals surface area contributed by atoms with Gasteiger partial charge in [0.15, 0.2) is 11.6 Å². The van der Waals surface area contributed by atoms with Crippen LogP contribution in [0.3, 0.4) is 0 Å². The molecular formula is C52H31N5OS. The molecule has 0 spiro atoms. The van der Waals surface area contributed by atoms with Crippen LogP contribution in [-0.4, -0.2) is 24.5 Å². The second-order valence-electron chi connectivity index (χ2n) is 14.6. The smallest absolute Gasteiger partial charge is 0.238 e. The quantitative estimate of drug-likeness (QED) is 0.168. The Morgan fingerprint density at radius 1 is 0.390 bits per heavy atom. The number of aromatic nitrogens is 5. The molecule has 0 atom stereocenters. The lowest BCUT2D eigenvalue weighted by atomic mass is 9.99. The van der Waals surface area contributed by atoms with Gasteiger partial charge in [-0.25, -0.2) is 9.97 Å². The van der Waals surface area contributed by atoms with Crippen molar-refractivity contribution in [3.63, 3.8) is 0 Å². The third kappa shape index (κ3) is 5.55. The van der Waals surface area contributed by atoms with E-state index >= 15 is 0 Å². The molecule has 0 N–H and O–H groups in total. The lowest BCUT2D eigenvalue weighted by Gasteiger charge is -2.11. The monoisotopic (exact) mass is 773 g/mol. The van der Waals surface area contributed by atoms with Gasteiger partial charge >= 0.3 is 0 Å². The summed E-state index contributed by atoms with van der Waals surface area (Å²) in [6.45, 7) is 0. The molecular weight excluding hydrogens is 743 g/mol. The molecule has 0 unspecified atom stereocenters. The summed E-state index contributed by atoms with van der Waals surface area (Å²) in [7, 11) is 0. The minimum absolute atomic E-state index is 0.523. The lowest BCUT2D eigenvalue weighted by molar-refractivity contribution is 0.670. The van der Waals surface area contributed by atoms with Gasteiger partial charge in [0.1, 0.15) is 16.2 Å². The fraction of sp³-hybridized carbons (Fsp3) is 0. The molecule has 0 saturated carbocycles. The van der Waals surface area contributed by atoms with Crippen molar-refractivity contribution in [2.45, 2.75) is 0 Å². The van der Waals surface area contributed by atoms with Gasteiger partial charge in [0.05, 0.1) is 32.4 Å². The summed E-state index contributed by atoms with van der Waals surface area (Å²) in [6, 6.07) is 65.1. The molecule has 12 rings (SSSR count).